The molecule has 17 heavy (non-hydrogen) atoms. The number of rotatable bonds is 5. The number of aliphatic hydroxyl groups excluding tert-OH is 1. The Labute approximate surface area is 105 Å². The standard InChI is InChI=1S/C12H14ClN3O/c13-10-3-1-9(2-4-10)11(17)7-14-8-12-15-5-6-16-12/h1-6,11,14,17H,7-8H2,(H,15,16). The third kappa shape index (κ3) is 3.56. The number of nitrogens with one attached hydrogen (secondary N) is 2. The van der Waals surface area contributed by atoms with Crippen LogP contribution in [0.25, 0.3) is 0 Å². The zero-order valence-corrected chi connectivity index (χ0v) is 9.98. The average Bonchev–Trinajstić information content (AvgIpc) is 2.83. The van der Waals surface area contributed by atoms with Crippen LogP contribution in [0, 0.1) is 0 Å². The van der Waals surface area contributed by atoms with Crippen molar-refractivity contribution in [2.75, 3.05) is 6.54 Å². The van der Waals surface area contributed by atoms with Crippen LogP contribution in [0.3, 0.4) is 0 Å². The van der Waals surface area contributed by atoms with Crippen molar-refractivity contribution in [3.8, 4) is 0 Å². The number of halogens is 1. The van der Waals surface area contributed by atoms with Gasteiger partial charge in [0.1, 0.15) is 5.82 Å². The van der Waals surface area contributed by atoms with Crippen LogP contribution in [0.4, 0.5) is 0 Å². The van der Waals surface area contributed by atoms with Crippen LogP contribution in [0.2, 0.25) is 5.02 Å². The molecule has 1 aromatic heterocycles. The normalized spacial score (nSPS) is 12.6. The molecule has 0 amide bonds. The van der Waals surface area contributed by atoms with Crippen molar-refractivity contribution in [3.63, 3.8) is 0 Å². The van der Waals surface area contributed by atoms with E-state index in [0.29, 0.717) is 18.1 Å². The number of hydrogen-bond donors (Lipinski definition) is 3. The molecule has 1 heterocycles. The lowest BCUT2D eigenvalue weighted by molar-refractivity contribution is 0.174. The fourth-order valence-corrected chi connectivity index (χ4v) is 1.65. The van der Waals surface area contributed by atoms with Gasteiger partial charge in [0, 0.05) is 24.0 Å². The van der Waals surface area contributed by atoms with Crippen LogP contribution in [0.1, 0.15) is 17.5 Å². The van der Waals surface area contributed by atoms with Crippen LogP contribution >= 0.6 is 11.6 Å². The second-order valence-corrected chi connectivity index (χ2v) is 4.17. The summed E-state index contributed by atoms with van der Waals surface area (Å²) in [5, 5.41) is 13.7. The fraction of sp³-hybridized carbons (Fsp3) is 0.250. The lowest BCUT2D eigenvalue weighted by Crippen LogP contribution is -2.21. The summed E-state index contributed by atoms with van der Waals surface area (Å²) in [4.78, 5) is 7.07. The van der Waals surface area contributed by atoms with Gasteiger partial charge in [0.05, 0.1) is 12.6 Å². The van der Waals surface area contributed by atoms with Crippen molar-refractivity contribution >= 4 is 11.6 Å². The highest BCUT2D eigenvalue weighted by Crippen LogP contribution is 2.15. The van der Waals surface area contributed by atoms with Crippen molar-refractivity contribution in [1.29, 1.82) is 0 Å². The smallest absolute Gasteiger partial charge is 0.120 e. The fourth-order valence-electron chi connectivity index (χ4n) is 1.52. The Hall–Kier alpha value is -1.36. The third-order valence-electron chi connectivity index (χ3n) is 2.44. The van der Waals surface area contributed by atoms with E-state index in [1.165, 1.54) is 0 Å². The molecule has 0 spiro atoms. The summed E-state index contributed by atoms with van der Waals surface area (Å²) in [6.07, 6.45) is 2.93. The lowest BCUT2D eigenvalue weighted by Gasteiger charge is -2.11. The first-order valence-corrected chi connectivity index (χ1v) is 5.76. The van der Waals surface area contributed by atoms with Gasteiger partial charge >= 0.3 is 0 Å². The quantitative estimate of drug-likeness (QED) is 0.761. The van der Waals surface area contributed by atoms with Gasteiger partial charge in [-0.2, -0.15) is 0 Å². The predicted octanol–water partition coefficient (Wildman–Crippen LogP) is 1.89. The molecule has 0 aliphatic rings. The molecule has 0 aliphatic carbocycles. The summed E-state index contributed by atoms with van der Waals surface area (Å²) in [5.74, 6) is 0.855. The van der Waals surface area contributed by atoms with Crippen LogP contribution in [-0.2, 0) is 6.54 Å². The first kappa shape index (κ1) is 12.1. The molecular weight excluding hydrogens is 238 g/mol. The largest absolute Gasteiger partial charge is 0.387 e. The monoisotopic (exact) mass is 251 g/mol. The van der Waals surface area contributed by atoms with Gasteiger partial charge in [-0.3, -0.25) is 0 Å². The minimum Gasteiger partial charge on any atom is -0.387 e. The molecule has 0 aliphatic heterocycles. The molecule has 0 saturated heterocycles. The van der Waals surface area contributed by atoms with E-state index in [4.69, 9.17) is 11.6 Å². The van der Waals surface area contributed by atoms with Crippen molar-refractivity contribution in [2.45, 2.75) is 12.6 Å². The Bertz CT molecular complexity index is 441. The zero-order valence-electron chi connectivity index (χ0n) is 9.23. The number of aliphatic hydroxyl groups is 1. The SMILES string of the molecule is OC(CNCc1ncc[nH]1)c1ccc(Cl)cc1. The predicted molar refractivity (Wildman–Crippen MR) is 66.7 cm³/mol. The van der Waals surface area contributed by atoms with Gasteiger partial charge in [-0.25, -0.2) is 4.98 Å². The average molecular weight is 252 g/mol. The molecule has 3 N–H and O–H groups in total. The second-order valence-electron chi connectivity index (χ2n) is 3.73. The molecule has 4 nitrogen and oxygen atoms in total. The first-order chi connectivity index (χ1) is 8.25. The topological polar surface area (TPSA) is 60.9 Å². The molecule has 0 bridgehead atoms. The van der Waals surface area contributed by atoms with Gasteiger partial charge in [0.25, 0.3) is 0 Å². The van der Waals surface area contributed by atoms with E-state index in [-0.39, 0.29) is 0 Å². The lowest BCUT2D eigenvalue weighted by atomic mass is 10.1. The van der Waals surface area contributed by atoms with Gasteiger partial charge in [-0.15, -0.1) is 0 Å². The van der Waals surface area contributed by atoms with Gasteiger partial charge in [0.2, 0.25) is 0 Å². The Morgan fingerprint density at radius 2 is 2.12 bits per heavy atom. The number of H-pyrrole nitrogens is 1. The number of imidazole rings is 1. The molecule has 1 unspecified atom stereocenters. The van der Waals surface area contributed by atoms with E-state index in [9.17, 15) is 5.11 Å². The zero-order chi connectivity index (χ0) is 12.1. The van der Waals surface area contributed by atoms with Crippen LogP contribution < -0.4 is 5.32 Å². The summed E-state index contributed by atoms with van der Waals surface area (Å²) in [6.45, 7) is 1.08. The third-order valence-corrected chi connectivity index (χ3v) is 2.69. The molecule has 0 radical (unpaired) electrons. The van der Waals surface area contributed by atoms with Crippen molar-refractivity contribution in [2.24, 2.45) is 0 Å². The molecular formula is C12H14ClN3O. The van der Waals surface area contributed by atoms with Crippen LogP contribution in [-0.4, -0.2) is 21.6 Å². The summed E-state index contributed by atoms with van der Waals surface area (Å²) in [7, 11) is 0. The number of aromatic nitrogens is 2. The number of hydrogen-bond acceptors (Lipinski definition) is 3. The summed E-state index contributed by atoms with van der Waals surface area (Å²) in [5.41, 5.74) is 0.848. The van der Waals surface area contributed by atoms with Crippen molar-refractivity contribution in [3.05, 3.63) is 53.1 Å². The molecule has 0 fully saturated rings. The summed E-state index contributed by atoms with van der Waals surface area (Å²) < 4.78 is 0. The second kappa shape index (κ2) is 5.82. The van der Waals surface area contributed by atoms with E-state index in [2.05, 4.69) is 15.3 Å². The van der Waals surface area contributed by atoms with E-state index in [1.54, 1.807) is 24.5 Å². The van der Waals surface area contributed by atoms with Crippen molar-refractivity contribution < 1.29 is 5.11 Å². The summed E-state index contributed by atoms with van der Waals surface area (Å²) in [6, 6.07) is 7.18. The molecule has 2 rings (SSSR count). The maximum absolute atomic E-state index is 9.90. The van der Waals surface area contributed by atoms with E-state index in [0.717, 1.165) is 11.4 Å². The van der Waals surface area contributed by atoms with Crippen molar-refractivity contribution in [1.82, 2.24) is 15.3 Å². The Kier molecular flexibility index (Phi) is 4.14. The van der Waals surface area contributed by atoms with Crippen LogP contribution in [0.5, 0.6) is 0 Å². The maximum atomic E-state index is 9.90. The van der Waals surface area contributed by atoms with Crippen LogP contribution in [0.15, 0.2) is 36.7 Å². The minimum absolute atomic E-state index is 0.475. The highest BCUT2D eigenvalue weighted by atomic mass is 35.5. The van der Waals surface area contributed by atoms with Gasteiger partial charge in [0.15, 0.2) is 0 Å². The number of benzene rings is 1. The Morgan fingerprint density at radius 3 is 2.76 bits per heavy atom. The molecule has 2 aromatic rings. The van der Waals surface area contributed by atoms with Gasteiger partial charge in [-0.05, 0) is 17.7 Å². The highest BCUT2D eigenvalue weighted by Gasteiger charge is 2.06. The van der Waals surface area contributed by atoms with E-state index in [1.807, 2.05) is 12.1 Å². The number of aromatic amines is 1. The molecule has 0 saturated carbocycles. The maximum Gasteiger partial charge on any atom is 0.120 e. The molecule has 5 heteroatoms. The highest BCUT2D eigenvalue weighted by molar-refractivity contribution is 6.30. The van der Waals surface area contributed by atoms with E-state index < -0.39 is 6.10 Å². The van der Waals surface area contributed by atoms with Gasteiger partial charge < -0.3 is 15.4 Å². The van der Waals surface area contributed by atoms with Gasteiger partial charge in [-0.1, -0.05) is 23.7 Å². The molecule has 90 valence electrons. The first-order valence-electron chi connectivity index (χ1n) is 5.38. The Morgan fingerprint density at radius 1 is 1.35 bits per heavy atom. The molecule has 1 atom stereocenters. The number of nitrogens with zero attached hydrogens (tertiary/aromatic N) is 1. The minimum atomic E-state index is -0.540. The Balaban J connectivity index is 1.81. The summed E-state index contributed by atoms with van der Waals surface area (Å²) >= 11 is 5.78. The molecule has 1 aromatic carbocycles. The van der Waals surface area contributed by atoms with E-state index >= 15 is 0 Å².